The highest BCUT2D eigenvalue weighted by Gasteiger charge is 2.10. The Balaban J connectivity index is 2.79. The van der Waals surface area contributed by atoms with Gasteiger partial charge in [-0.15, -0.1) is 11.6 Å². The molecular weight excluding hydrogens is 246 g/mol. The molecule has 0 aliphatic rings. The number of hydrogen-bond acceptors (Lipinski definition) is 1. The predicted octanol–water partition coefficient (Wildman–Crippen LogP) is 3.70. The summed E-state index contributed by atoms with van der Waals surface area (Å²) in [5.41, 5.74) is 2.88. The van der Waals surface area contributed by atoms with Gasteiger partial charge in [0.1, 0.15) is 0 Å². The van der Waals surface area contributed by atoms with E-state index < -0.39 is 0 Å². The van der Waals surface area contributed by atoms with Gasteiger partial charge in [-0.3, -0.25) is 4.79 Å². The number of fused-ring (bicyclic) bond motifs is 1. The molecule has 0 fully saturated rings. The number of rotatable bonds is 3. The van der Waals surface area contributed by atoms with E-state index in [2.05, 4.69) is 32.0 Å². The molecule has 2 aromatic rings. The summed E-state index contributed by atoms with van der Waals surface area (Å²) in [4.78, 5) is 12.3. The Morgan fingerprint density at radius 2 is 2.00 bits per heavy atom. The van der Waals surface area contributed by atoms with E-state index >= 15 is 0 Å². The highest BCUT2D eigenvalue weighted by molar-refractivity contribution is 6.17. The quantitative estimate of drug-likeness (QED) is 0.774. The van der Waals surface area contributed by atoms with Gasteiger partial charge in [0.15, 0.2) is 0 Å². The minimum Gasteiger partial charge on any atom is -0.308 e. The van der Waals surface area contributed by atoms with Crippen molar-refractivity contribution < 1.29 is 0 Å². The largest absolute Gasteiger partial charge is 0.308 e. The van der Waals surface area contributed by atoms with Gasteiger partial charge in [0.2, 0.25) is 0 Å². The normalized spacial score (nSPS) is 11.4. The molecule has 96 valence electrons. The van der Waals surface area contributed by atoms with Crippen LogP contribution in [0.4, 0.5) is 0 Å². The standard InChI is InChI=1S/C15H18ClNO/c1-10(2)9-17-14-6-11(3)4-5-12(14)7-13(8-16)15(17)18/h4-7,10H,8-9H2,1-3H3. The van der Waals surface area contributed by atoms with Crippen molar-refractivity contribution in [3.63, 3.8) is 0 Å². The fourth-order valence-corrected chi connectivity index (χ4v) is 2.38. The Hall–Kier alpha value is -1.28. The highest BCUT2D eigenvalue weighted by atomic mass is 35.5. The maximum Gasteiger partial charge on any atom is 0.255 e. The average molecular weight is 264 g/mol. The summed E-state index contributed by atoms with van der Waals surface area (Å²) < 4.78 is 1.85. The summed E-state index contributed by atoms with van der Waals surface area (Å²) in [7, 11) is 0. The van der Waals surface area contributed by atoms with Crippen LogP contribution in [0.3, 0.4) is 0 Å². The average Bonchev–Trinajstić information content (AvgIpc) is 2.32. The first-order valence-electron chi connectivity index (χ1n) is 6.22. The van der Waals surface area contributed by atoms with Crippen molar-refractivity contribution in [2.45, 2.75) is 33.2 Å². The van der Waals surface area contributed by atoms with Crippen molar-refractivity contribution in [1.29, 1.82) is 0 Å². The van der Waals surface area contributed by atoms with Crippen molar-refractivity contribution in [3.05, 3.63) is 45.7 Å². The topological polar surface area (TPSA) is 22.0 Å². The zero-order chi connectivity index (χ0) is 13.3. The molecule has 18 heavy (non-hydrogen) atoms. The number of pyridine rings is 1. The van der Waals surface area contributed by atoms with Crippen LogP contribution >= 0.6 is 11.6 Å². The van der Waals surface area contributed by atoms with Crippen LogP contribution in [0.1, 0.15) is 25.0 Å². The van der Waals surface area contributed by atoms with E-state index in [-0.39, 0.29) is 11.4 Å². The van der Waals surface area contributed by atoms with Gasteiger partial charge in [-0.25, -0.2) is 0 Å². The highest BCUT2D eigenvalue weighted by Crippen LogP contribution is 2.17. The number of alkyl halides is 1. The number of halogens is 1. The van der Waals surface area contributed by atoms with Gasteiger partial charge in [-0.2, -0.15) is 0 Å². The van der Waals surface area contributed by atoms with Crippen molar-refractivity contribution in [1.82, 2.24) is 4.57 Å². The third kappa shape index (κ3) is 2.44. The van der Waals surface area contributed by atoms with E-state index in [9.17, 15) is 4.79 Å². The maximum absolute atomic E-state index is 12.3. The van der Waals surface area contributed by atoms with Gasteiger partial charge < -0.3 is 4.57 Å². The lowest BCUT2D eigenvalue weighted by molar-refractivity contribution is 0.522. The van der Waals surface area contributed by atoms with Crippen LogP contribution < -0.4 is 5.56 Å². The molecule has 1 heterocycles. The molecule has 0 amide bonds. The van der Waals surface area contributed by atoms with Crippen molar-refractivity contribution in [2.24, 2.45) is 5.92 Å². The van der Waals surface area contributed by atoms with Crippen LogP contribution in [0, 0.1) is 12.8 Å². The van der Waals surface area contributed by atoms with Crippen LogP contribution in [0.25, 0.3) is 10.9 Å². The summed E-state index contributed by atoms with van der Waals surface area (Å²) in [6, 6.07) is 8.08. The lowest BCUT2D eigenvalue weighted by Gasteiger charge is -2.14. The first kappa shape index (κ1) is 13.2. The van der Waals surface area contributed by atoms with E-state index in [1.165, 1.54) is 0 Å². The fraction of sp³-hybridized carbons (Fsp3) is 0.400. The Morgan fingerprint density at radius 1 is 1.28 bits per heavy atom. The first-order chi connectivity index (χ1) is 8.52. The van der Waals surface area contributed by atoms with Gasteiger partial charge in [-0.05, 0) is 35.9 Å². The monoisotopic (exact) mass is 263 g/mol. The summed E-state index contributed by atoms with van der Waals surface area (Å²) >= 11 is 5.86. The molecule has 0 aliphatic heterocycles. The second kappa shape index (κ2) is 5.15. The van der Waals surface area contributed by atoms with Gasteiger partial charge in [-0.1, -0.05) is 26.0 Å². The minimum absolute atomic E-state index is 0.0387. The van der Waals surface area contributed by atoms with E-state index in [1.807, 2.05) is 17.6 Å². The smallest absolute Gasteiger partial charge is 0.255 e. The van der Waals surface area contributed by atoms with E-state index in [1.54, 1.807) is 0 Å². The molecule has 0 radical (unpaired) electrons. The molecule has 0 saturated heterocycles. The van der Waals surface area contributed by atoms with Crippen LogP contribution in [-0.2, 0) is 12.4 Å². The van der Waals surface area contributed by atoms with Crippen LogP contribution in [-0.4, -0.2) is 4.57 Å². The number of hydrogen-bond donors (Lipinski definition) is 0. The van der Waals surface area contributed by atoms with Crippen molar-refractivity contribution in [2.75, 3.05) is 0 Å². The minimum atomic E-state index is 0.0387. The van der Waals surface area contributed by atoms with E-state index in [0.29, 0.717) is 11.5 Å². The Morgan fingerprint density at radius 3 is 2.61 bits per heavy atom. The van der Waals surface area contributed by atoms with Gasteiger partial charge in [0, 0.05) is 12.1 Å². The Kier molecular flexibility index (Phi) is 3.76. The lowest BCUT2D eigenvalue weighted by Crippen LogP contribution is -2.25. The van der Waals surface area contributed by atoms with Crippen LogP contribution in [0.15, 0.2) is 29.1 Å². The van der Waals surface area contributed by atoms with Crippen LogP contribution in [0.2, 0.25) is 0 Å². The molecule has 0 spiro atoms. The third-order valence-electron chi connectivity index (χ3n) is 3.02. The second-order valence-corrected chi connectivity index (χ2v) is 5.44. The molecule has 1 aromatic carbocycles. The molecular formula is C15H18ClNO. The summed E-state index contributed by atoms with van der Waals surface area (Å²) in [5, 5.41) is 1.08. The fourth-order valence-electron chi connectivity index (χ4n) is 2.18. The predicted molar refractivity (Wildman–Crippen MR) is 77.3 cm³/mol. The Bertz CT molecular complexity index is 628. The molecule has 2 rings (SSSR count). The maximum atomic E-state index is 12.3. The number of nitrogens with zero attached hydrogens (tertiary/aromatic N) is 1. The SMILES string of the molecule is Cc1ccc2cc(CCl)c(=O)n(CC(C)C)c2c1. The summed E-state index contributed by atoms with van der Waals surface area (Å²) in [6.07, 6.45) is 0. The van der Waals surface area contributed by atoms with Crippen molar-refractivity contribution in [3.8, 4) is 0 Å². The van der Waals surface area contributed by atoms with Gasteiger partial charge in [0.05, 0.1) is 11.4 Å². The Labute approximate surface area is 112 Å². The number of aryl methyl sites for hydroxylation is 1. The summed E-state index contributed by atoms with van der Waals surface area (Å²) in [6.45, 7) is 6.99. The molecule has 0 aliphatic carbocycles. The lowest BCUT2D eigenvalue weighted by atomic mass is 10.1. The van der Waals surface area contributed by atoms with Gasteiger partial charge in [0.25, 0.3) is 5.56 Å². The van der Waals surface area contributed by atoms with Crippen molar-refractivity contribution >= 4 is 22.5 Å². The van der Waals surface area contributed by atoms with Crippen LogP contribution in [0.5, 0.6) is 0 Å². The molecule has 1 aromatic heterocycles. The van der Waals surface area contributed by atoms with E-state index in [0.717, 1.165) is 23.0 Å². The molecule has 3 heteroatoms. The zero-order valence-electron chi connectivity index (χ0n) is 11.0. The molecule has 0 bridgehead atoms. The van der Waals surface area contributed by atoms with Gasteiger partial charge >= 0.3 is 0 Å². The first-order valence-corrected chi connectivity index (χ1v) is 6.75. The molecule has 0 saturated carbocycles. The number of benzene rings is 1. The number of aromatic nitrogens is 1. The molecule has 0 atom stereocenters. The zero-order valence-corrected chi connectivity index (χ0v) is 11.8. The third-order valence-corrected chi connectivity index (χ3v) is 3.31. The molecule has 2 nitrogen and oxygen atoms in total. The second-order valence-electron chi connectivity index (χ2n) is 5.18. The molecule has 0 unspecified atom stereocenters. The van der Waals surface area contributed by atoms with E-state index in [4.69, 9.17) is 11.6 Å². The molecule has 0 N–H and O–H groups in total. The summed E-state index contributed by atoms with van der Waals surface area (Å²) in [5.74, 6) is 0.692.